The van der Waals surface area contributed by atoms with Gasteiger partial charge in [0.1, 0.15) is 13.7 Å². The highest BCUT2D eigenvalue weighted by atomic mass is 31.2. The Balaban J connectivity index is 3.79. The zero-order valence-corrected chi connectivity index (χ0v) is 8.48. The van der Waals surface area contributed by atoms with Crippen LogP contribution in [0.4, 0.5) is 0 Å². The lowest BCUT2D eigenvalue weighted by Gasteiger charge is -2.17. The summed E-state index contributed by atoms with van der Waals surface area (Å²) in [6.45, 7) is 4.31. The van der Waals surface area contributed by atoms with E-state index in [2.05, 4.69) is 13.8 Å². The smallest absolute Gasteiger partial charge is 0.144 e. The van der Waals surface area contributed by atoms with Gasteiger partial charge in [0.25, 0.3) is 0 Å². The highest BCUT2D eigenvalue weighted by Crippen LogP contribution is 2.54. The molecule has 0 heterocycles. The van der Waals surface area contributed by atoms with Crippen LogP contribution in [-0.2, 0) is 0 Å². The normalized spacial score (nSPS) is 12.0. The Hall–Kier alpha value is 0.350. The molecule has 11 heavy (non-hydrogen) atoms. The van der Waals surface area contributed by atoms with Gasteiger partial charge in [-0.15, -0.1) is 0 Å². The maximum absolute atomic E-state index is 9.96. The van der Waals surface area contributed by atoms with Crippen molar-refractivity contribution in [2.45, 2.75) is 26.7 Å². The molecule has 0 bridgehead atoms. The predicted octanol–water partition coefficient (Wildman–Crippen LogP) is 1.72. The van der Waals surface area contributed by atoms with Gasteiger partial charge in [-0.05, 0) is 12.8 Å². The molecule has 0 aromatic carbocycles. The molecule has 3 heteroatoms. The zero-order valence-electron chi connectivity index (χ0n) is 7.58. The molecule has 0 radical (unpaired) electrons. The van der Waals surface area contributed by atoms with E-state index in [9.17, 15) is 4.89 Å². The molecule has 0 saturated carbocycles. The lowest BCUT2D eigenvalue weighted by molar-refractivity contribution is 0.317. The molecule has 0 atom stereocenters. The van der Waals surface area contributed by atoms with Crippen LogP contribution in [0, 0.1) is 0 Å². The summed E-state index contributed by atoms with van der Waals surface area (Å²) in [5, 5.41) is 8.72. The Morgan fingerprint density at radius 2 is 1.45 bits per heavy atom. The van der Waals surface area contributed by atoms with Crippen LogP contribution in [0.25, 0.3) is 0 Å². The molecule has 0 fully saturated rings. The van der Waals surface area contributed by atoms with Gasteiger partial charge in [0.2, 0.25) is 0 Å². The largest absolute Gasteiger partial charge is 0.392 e. The molecule has 0 saturated heterocycles. The molecule has 0 spiro atoms. The maximum Gasteiger partial charge on any atom is 0.144 e. The summed E-state index contributed by atoms with van der Waals surface area (Å²) < 4.78 is 0. The van der Waals surface area contributed by atoms with Gasteiger partial charge in [0, 0.05) is 0 Å². The van der Waals surface area contributed by atoms with Crippen molar-refractivity contribution in [2.75, 3.05) is 25.1 Å². The van der Waals surface area contributed by atoms with Gasteiger partial charge >= 0.3 is 0 Å². The second-order valence-electron chi connectivity index (χ2n) is 2.99. The van der Waals surface area contributed by atoms with Crippen LogP contribution >= 0.6 is 7.49 Å². The molecule has 2 nitrogen and oxygen atoms in total. The lowest BCUT2D eigenvalue weighted by atomic mass is 10.6. The fourth-order valence-electron chi connectivity index (χ4n) is 1.35. The van der Waals surface area contributed by atoms with Crippen LogP contribution in [-0.4, -0.2) is 35.1 Å². The van der Waals surface area contributed by atoms with E-state index < -0.39 is 7.49 Å². The van der Waals surface area contributed by atoms with Gasteiger partial charge in [-0.2, -0.15) is 0 Å². The maximum atomic E-state index is 9.96. The molecule has 68 valence electrons. The minimum Gasteiger partial charge on any atom is -0.392 e. The molecule has 0 aliphatic heterocycles. The second kappa shape index (κ2) is 5.93. The first-order chi connectivity index (χ1) is 5.18. The third kappa shape index (κ3) is 4.73. The number of aliphatic hydroxyl groups excluding tert-OH is 1. The van der Waals surface area contributed by atoms with Crippen molar-refractivity contribution < 1.29 is 10.00 Å². The number of hydrogen-bond acceptors (Lipinski definition) is 2. The van der Waals surface area contributed by atoms with E-state index in [0.29, 0.717) is 6.16 Å². The van der Waals surface area contributed by atoms with Crippen molar-refractivity contribution in [3.8, 4) is 0 Å². The summed E-state index contributed by atoms with van der Waals surface area (Å²) in [5.74, 6) is 0. The predicted molar refractivity (Wildman–Crippen MR) is 51.4 cm³/mol. The van der Waals surface area contributed by atoms with E-state index in [1.54, 1.807) is 0 Å². The first-order valence-electron chi connectivity index (χ1n) is 4.38. The molecule has 2 N–H and O–H groups in total. The van der Waals surface area contributed by atoms with Crippen LogP contribution < -0.4 is 0 Å². The molecule has 0 aromatic rings. The van der Waals surface area contributed by atoms with Crippen molar-refractivity contribution in [2.24, 2.45) is 0 Å². The first-order valence-corrected chi connectivity index (χ1v) is 6.68. The number of aliphatic hydroxyl groups is 1. The highest BCUT2D eigenvalue weighted by Gasteiger charge is 2.32. The van der Waals surface area contributed by atoms with Crippen molar-refractivity contribution in [1.82, 2.24) is 0 Å². The van der Waals surface area contributed by atoms with Crippen LogP contribution in [0.1, 0.15) is 26.7 Å². The molecule has 0 aliphatic rings. The SMILES string of the molecule is CCC[P+](O)(CCC)CCO. The van der Waals surface area contributed by atoms with Crippen LogP contribution in [0.2, 0.25) is 0 Å². The van der Waals surface area contributed by atoms with Crippen LogP contribution in [0.3, 0.4) is 0 Å². The summed E-state index contributed by atoms with van der Waals surface area (Å²) in [7, 11) is -1.72. The van der Waals surface area contributed by atoms with Crippen LogP contribution in [0.5, 0.6) is 0 Å². The number of hydrogen-bond donors (Lipinski definition) is 2. The summed E-state index contributed by atoms with van der Waals surface area (Å²) in [6, 6.07) is 0. The Morgan fingerprint density at radius 3 is 1.73 bits per heavy atom. The fraction of sp³-hybridized carbons (Fsp3) is 1.00. The fourth-order valence-corrected chi connectivity index (χ4v) is 4.06. The van der Waals surface area contributed by atoms with E-state index >= 15 is 0 Å². The van der Waals surface area contributed by atoms with Gasteiger partial charge in [-0.25, -0.2) is 0 Å². The van der Waals surface area contributed by atoms with Crippen LogP contribution in [0.15, 0.2) is 0 Å². The molecule has 0 amide bonds. The monoisotopic (exact) mass is 179 g/mol. The minimum absolute atomic E-state index is 0.143. The Labute approximate surface area is 70.1 Å². The Bertz CT molecular complexity index is 79.1. The van der Waals surface area contributed by atoms with Gasteiger partial charge in [-0.3, -0.25) is 4.89 Å². The Kier molecular flexibility index (Phi) is 6.12. The highest BCUT2D eigenvalue weighted by molar-refractivity contribution is 7.70. The van der Waals surface area contributed by atoms with Crippen molar-refractivity contribution in [3.63, 3.8) is 0 Å². The minimum atomic E-state index is -1.72. The average Bonchev–Trinajstić information content (AvgIpc) is 1.88. The Morgan fingerprint density at radius 1 is 1.00 bits per heavy atom. The standard InChI is InChI=1S/C8H20O2P/c1-3-6-11(10,7-4-2)8-5-9/h9-10H,3-8H2,1-2H3/q+1. The summed E-state index contributed by atoms with van der Waals surface area (Å²) in [6.07, 6.45) is 4.53. The molecule has 0 rings (SSSR count). The average molecular weight is 179 g/mol. The van der Waals surface area contributed by atoms with Crippen molar-refractivity contribution in [3.05, 3.63) is 0 Å². The van der Waals surface area contributed by atoms with Gasteiger partial charge in [0.15, 0.2) is 0 Å². The van der Waals surface area contributed by atoms with E-state index in [1.807, 2.05) is 0 Å². The molecule has 0 aliphatic carbocycles. The molecular weight excluding hydrogens is 159 g/mol. The van der Waals surface area contributed by atoms with Gasteiger partial charge in [0.05, 0.1) is 18.9 Å². The third-order valence-corrected chi connectivity index (χ3v) is 5.39. The van der Waals surface area contributed by atoms with Crippen molar-refractivity contribution in [1.29, 1.82) is 0 Å². The third-order valence-electron chi connectivity index (χ3n) is 1.80. The molecular formula is C8H20O2P+. The van der Waals surface area contributed by atoms with E-state index in [4.69, 9.17) is 5.11 Å². The molecule has 0 unspecified atom stereocenters. The van der Waals surface area contributed by atoms with E-state index in [0.717, 1.165) is 25.2 Å². The summed E-state index contributed by atoms with van der Waals surface area (Å²) >= 11 is 0. The summed E-state index contributed by atoms with van der Waals surface area (Å²) in [5.41, 5.74) is 0. The number of rotatable bonds is 6. The van der Waals surface area contributed by atoms with E-state index in [1.165, 1.54) is 0 Å². The second-order valence-corrected chi connectivity index (χ2v) is 6.52. The van der Waals surface area contributed by atoms with Gasteiger partial charge < -0.3 is 5.11 Å². The topological polar surface area (TPSA) is 40.5 Å². The van der Waals surface area contributed by atoms with Gasteiger partial charge in [-0.1, -0.05) is 13.8 Å². The summed E-state index contributed by atoms with van der Waals surface area (Å²) in [4.78, 5) is 9.96. The van der Waals surface area contributed by atoms with Crippen molar-refractivity contribution >= 4 is 7.49 Å². The first kappa shape index (κ1) is 11.4. The quantitative estimate of drug-likeness (QED) is 0.609. The lowest BCUT2D eigenvalue weighted by Crippen LogP contribution is -2.09. The van der Waals surface area contributed by atoms with E-state index in [-0.39, 0.29) is 6.61 Å². The zero-order chi connectivity index (χ0) is 8.74. The molecule has 0 aromatic heterocycles.